The molecule has 8 aromatic carbocycles. The Hall–Kier alpha value is -5.46. The molecule has 0 unspecified atom stereocenters. The molecule has 0 amide bonds. The van der Waals surface area contributed by atoms with Crippen molar-refractivity contribution in [2.75, 3.05) is 0 Å². The summed E-state index contributed by atoms with van der Waals surface area (Å²) in [6.45, 7) is 4.74. The fraction of sp³-hybridized carbons (Fsp3) is 0.0667. The molecule has 212 valence electrons. The number of hydrogen-bond donors (Lipinski definition) is 0. The molecule has 0 fully saturated rings. The Labute approximate surface area is 264 Å². The Kier molecular flexibility index (Phi) is 5.64. The number of hydrogen-bond acceptors (Lipinski definition) is 0. The average Bonchev–Trinajstić information content (AvgIpc) is 3.32. The molecule has 0 aromatic heterocycles. The first-order valence-corrected chi connectivity index (χ1v) is 15.9. The highest BCUT2D eigenvalue weighted by Crippen LogP contribution is 2.51. The molecule has 0 N–H and O–H groups in total. The normalized spacial score (nSPS) is 13.3. The summed E-state index contributed by atoms with van der Waals surface area (Å²) in [5.41, 5.74) is 13.1. The summed E-state index contributed by atoms with van der Waals surface area (Å²) in [5.74, 6) is 0. The molecule has 0 aliphatic heterocycles. The molecule has 0 nitrogen and oxygen atoms in total. The molecule has 1 aliphatic rings. The Morgan fingerprint density at radius 3 is 1.78 bits per heavy atom. The van der Waals surface area contributed by atoms with Crippen molar-refractivity contribution in [2.24, 2.45) is 0 Å². The van der Waals surface area contributed by atoms with Gasteiger partial charge in [-0.1, -0.05) is 159 Å². The van der Waals surface area contributed by atoms with Gasteiger partial charge in [-0.15, -0.1) is 0 Å². The van der Waals surface area contributed by atoms with Crippen LogP contribution in [-0.2, 0) is 5.41 Å². The van der Waals surface area contributed by atoms with Gasteiger partial charge in [-0.3, -0.25) is 0 Å². The van der Waals surface area contributed by atoms with Crippen molar-refractivity contribution < 1.29 is 0 Å². The zero-order valence-electron chi connectivity index (χ0n) is 25.5. The van der Waals surface area contributed by atoms with Crippen molar-refractivity contribution in [1.82, 2.24) is 0 Å². The molecule has 1 aliphatic carbocycles. The van der Waals surface area contributed by atoms with Gasteiger partial charge in [0.1, 0.15) is 0 Å². The van der Waals surface area contributed by atoms with E-state index in [9.17, 15) is 0 Å². The van der Waals surface area contributed by atoms with Crippen molar-refractivity contribution in [3.63, 3.8) is 0 Å². The average molecular weight is 573 g/mol. The lowest BCUT2D eigenvalue weighted by molar-refractivity contribution is 0.660. The van der Waals surface area contributed by atoms with Crippen molar-refractivity contribution in [2.45, 2.75) is 19.3 Å². The minimum Gasteiger partial charge on any atom is -0.0622 e. The van der Waals surface area contributed by atoms with Gasteiger partial charge in [-0.05, 0) is 100 Å². The largest absolute Gasteiger partial charge is 0.0622 e. The predicted octanol–water partition coefficient (Wildman–Crippen LogP) is 12.5. The molecule has 0 radical (unpaired) electrons. The van der Waals surface area contributed by atoms with Crippen LogP contribution in [0.3, 0.4) is 0 Å². The number of rotatable bonds is 3. The maximum absolute atomic E-state index is 2.48. The Morgan fingerprint density at radius 1 is 0.333 bits per heavy atom. The minimum absolute atomic E-state index is 0.0639. The Bertz CT molecular complexity index is 2440. The van der Waals surface area contributed by atoms with Crippen LogP contribution in [0.15, 0.2) is 158 Å². The van der Waals surface area contributed by atoms with Gasteiger partial charge in [-0.25, -0.2) is 0 Å². The molecule has 45 heavy (non-hydrogen) atoms. The Morgan fingerprint density at radius 2 is 0.933 bits per heavy atom. The zero-order valence-corrected chi connectivity index (χ0v) is 25.5. The van der Waals surface area contributed by atoms with Crippen molar-refractivity contribution in [1.29, 1.82) is 0 Å². The second kappa shape index (κ2) is 9.78. The monoisotopic (exact) mass is 572 g/mol. The lowest BCUT2D eigenvalue weighted by Gasteiger charge is -2.23. The highest BCUT2D eigenvalue weighted by atomic mass is 14.4. The summed E-state index contributed by atoms with van der Waals surface area (Å²) in [4.78, 5) is 0. The van der Waals surface area contributed by atoms with Crippen LogP contribution >= 0.6 is 0 Å². The third-order valence-electron chi connectivity index (χ3n) is 10.1. The van der Waals surface area contributed by atoms with Crippen molar-refractivity contribution in [3.8, 4) is 44.5 Å². The van der Waals surface area contributed by atoms with E-state index in [0.717, 1.165) is 0 Å². The fourth-order valence-electron chi connectivity index (χ4n) is 7.89. The zero-order chi connectivity index (χ0) is 30.1. The molecular weight excluding hydrogens is 540 g/mol. The predicted molar refractivity (Wildman–Crippen MR) is 193 cm³/mol. The van der Waals surface area contributed by atoms with E-state index in [1.165, 1.54) is 88.0 Å². The van der Waals surface area contributed by atoms with Crippen LogP contribution in [0.5, 0.6) is 0 Å². The summed E-state index contributed by atoms with van der Waals surface area (Å²) < 4.78 is 0. The van der Waals surface area contributed by atoms with Gasteiger partial charge in [-0.2, -0.15) is 0 Å². The molecule has 0 saturated carbocycles. The van der Waals surface area contributed by atoms with E-state index in [0.29, 0.717) is 0 Å². The van der Waals surface area contributed by atoms with Crippen LogP contribution < -0.4 is 0 Å². The van der Waals surface area contributed by atoms with Crippen LogP contribution in [-0.4, -0.2) is 0 Å². The number of fused-ring (bicyclic) bond motifs is 6. The lowest BCUT2D eigenvalue weighted by Crippen LogP contribution is -2.14. The van der Waals surface area contributed by atoms with Crippen molar-refractivity contribution >= 4 is 32.3 Å². The van der Waals surface area contributed by atoms with Crippen molar-refractivity contribution in [3.05, 3.63) is 169 Å². The maximum Gasteiger partial charge on any atom is 0.0159 e. The molecule has 0 heteroatoms. The van der Waals surface area contributed by atoms with Gasteiger partial charge in [0, 0.05) is 5.41 Å². The van der Waals surface area contributed by atoms with E-state index in [1.807, 2.05) is 0 Å². The molecule has 0 spiro atoms. The smallest absolute Gasteiger partial charge is 0.0159 e. The molecule has 0 atom stereocenters. The molecule has 0 heterocycles. The van der Waals surface area contributed by atoms with Gasteiger partial charge in [0.05, 0.1) is 0 Å². The SMILES string of the molecule is CC1(C)c2ccccc2-c2ccc(-c3c4ccccc4c(-c4cccc5ccccc45)c4ccc(-c5ccccc5)cc34)cc21. The topological polar surface area (TPSA) is 0 Å². The first kappa shape index (κ1) is 26.0. The van der Waals surface area contributed by atoms with E-state index < -0.39 is 0 Å². The first-order chi connectivity index (χ1) is 22.1. The second-order valence-corrected chi connectivity index (χ2v) is 12.9. The number of benzene rings is 8. The van der Waals surface area contributed by atoms with Gasteiger partial charge < -0.3 is 0 Å². The summed E-state index contributed by atoms with van der Waals surface area (Å²) >= 11 is 0. The summed E-state index contributed by atoms with van der Waals surface area (Å²) in [6, 6.07) is 58.4. The summed E-state index contributed by atoms with van der Waals surface area (Å²) in [7, 11) is 0. The van der Waals surface area contributed by atoms with E-state index in [-0.39, 0.29) is 5.41 Å². The van der Waals surface area contributed by atoms with E-state index >= 15 is 0 Å². The summed E-state index contributed by atoms with van der Waals surface area (Å²) in [5, 5.41) is 7.67. The first-order valence-electron chi connectivity index (χ1n) is 15.9. The minimum atomic E-state index is -0.0639. The Balaban J connectivity index is 1.41. The standard InChI is InChI=1S/C45H32/c1-45(2)41-22-11-10-18-34(41)35-25-24-32(28-42(35)45)43-37-19-8-9-20-38(37)44(36-21-12-16-30-15-6-7-17-33(30)36)39-26-23-31(27-40(39)43)29-13-4-3-5-14-29/h3-28H,1-2H3. The lowest BCUT2D eigenvalue weighted by atomic mass is 9.80. The van der Waals surface area contributed by atoms with Gasteiger partial charge in [0.2, 0.25) is 0 Å². The van der Waals surface area contributed by atoms with Gasteiger partial charge >= 0.3 is 0 Å². The van der Waals surface area contributed by atoms with E-state index in [2.05, 4.69) is 172 Å². The van der Waals surface area contributed by atoms with Crippen LogP contribution in [0.2, 0.25) is 0 Å². The van der Waals surface area contributed by atoms with E-state index in [1.54, 1.807) is 0 Å². The quantitative estimate of drug-likeness (QED) is 0.185. The third-order valence-corrected chi connectivity index (χ3v) is 10.1. The van der Waals surface area contributed by atoms with E-state index in [4.69, 9.17) is 0 Å². The fourth-order valence-corrected chi connectivity index (χ4v) is 7.89. The molecule has 0 bridgehead atoms. The third kappa shape index (κ3) is 3.85. The maximum atomic E-state index is 2.48. The second-order valence-electron chi connectivity index (χ2n) is 12.9. The molecular formula is C45H32. The summed E-state index contributed by atoms with van der Waals surface area (Å²) in [6.07, 6.45) is 0. The van der Waals surface area contributed by atoms with Crippen LogP contribution in [0.4, 0.5) is 0 Å². The highest BCUT2D eigenvalue weighted by molar-refractivity contribution is 6.24. The molecule has 9 rings (SSSR count). The van der Waals surface area contributed by atoms with Gasteiger partial charge in [0.15, 0.2) is 0 Å². The molecule has 8 aromatic rings. The van der Waals surface area contributed by atoms with Gasteiger partial charge in [0.25, 0.3) is 0 Å². The van der Waals surface area contributed by atoms with Crippen LogP contribution in [0, 0.1) is 0 Å². The highest BCUT2D eigenvalue weighted by Gasteiger charge is 2.35. The van der Waals surface area contributed by atoms with Crippen LogP contribution in [0.25, 0.3) is 76.8 Å². The van der Waals surface area contributed by atoms with Crippen LogP contribution in [0.1, 0.15) is 25.0 Å². The molecule has 0 saturated heterocycles.